The lowest BCUT2D eigenvalue weighted by Gasteiger charge is -2.10. The predicted octanol–water partition coefficient (Wildman–Crippen LogP) is 6.56. The lowest BCUT2D eigenvalue weighted by Crippen LogP contribution is -2.09. The van der Waals surface area contributed by atoms with Crippen LogP contribution in [-0.4, -0.2) is 14.5 Å². The summed E-state index contributed by atoms with van der Waals surface area (Å²) in [4.78, 5) is 22.0. The van der Waals surface area contributed by atoms with Crippen molar-refractivity contribution in [1.29, 1.82) is 0 Å². The fourth-order valence-electron chi connectivity index (χ4n) is 4.96. The van der Waals surface area contributed by atoms with Gasteiger partial charge in [-0.25, -0.2) is 19.2 Å². The molecule has 7 rings (SSSR count). The molecule has 0 atom stereocenters. The van der Waals surface area contributed by atoms with Gasteiger partial charge >= 0.3 is 5.63 Å². The van der Waals surface area contributed by atoms with Gasteiger partial charge in [-0.05, 0) is 60.7 Å². The molecule has 6 aromatic rings. The first-order chi connectivity index (χ1) is 16.6. The molecule has 0 radical (unpaired) electrons. The van der Waals surface area contributed by atoms with E-state index in [1.54, 1.807) is 16.8 Å². The maximum Gasteiger partial charge on any atom is 0.362 e. The van der Waals surface area contributed by atoms with Crippen molar-refractivity contribution in [3.63, 3.8) is 0 Å². The maximum atomic E-state index is 15.2. The second-order valence-electron chi connectivity index (χ2n) is 8.85. The van der Waals surface area contributed by atoms with E-state index in [4.69, 9.17) is 16.0 Å². The zero-order valence-corrected chi connectivity index (χ0v) is 18.6. The zero-order chi connectivity index (χ0) is 23.0. The van der Waals surface area contributed by atoms with E-state index < -0.39 is 5.63 Å². The van der Waals surface area contributed by atoms with Crippen LogP contribution in [0.1, 0.15) is 29.9 Å². The topological polar surface area (TPSA) is 60.9 Å². The molecule has 166 valence electrons. The van der Waals surface area contributed by atoms with Crippen LogP contribution in [0, 0.1) is 5.82 Å². The molecule has 1 aliphatic rings. The fraction of sp³-hybridized carbons (Fsp3) is 0.148. The fourth-order valence-corrected chi connectivity index (χ4v) is 5.16. The summed E-state index contributed by atoms with van der Waals surface area (Å²) in [6.07, 6.45) is 3.54. The molecular formula is C27H17ClFN3O2. The van der Waals surface area contributed by atoms with E-state index in [1.165, 1.54) is 6.07 Å². The van der Waals surface area contributed by atoms with Gasteiger partial charge in [-0.3, -0.25) is 0 Å². The molecule has 0 N–H and O–H groups in total. The molecule has 4 aromatic heterocycles. The van der Waals surface area contributed by atoms with E-state index in [-0.39, 0.29) is 24.0 Å². The number of hydrogen-bond donors (Lipinski definition) is 0. The highest BCUT2D eigenvalue weighted by Gasteiger charge is 2.29. The van der Waals surface area contributed by atoms with Crippen LogP contribution < -0.4 is 5.63 Å². The molecule has 0 saturated heterocycles. The third-order valence-corrected chi connectivity index (χ3v) is 7.03. The number of fused-ring (bicyclic) bond motifs is 6. The Bertz CT molecular complexity index is 1850. The average Bonchev–Trinajstić information content (AvgIpc) is 3.63. The van der Waals surface area contributed by atoms with E-state index >= 15 is 4.39 Å². The largest absolute Gasteiger partial charge is 0.402 e. The Kier molecular flexibility index (Phi) is 4.12. The van der Waals surface area contributed by atoms with Crippen molar-refractivity contribution in [2.24, 2.45) is 0 Å². The van der Waals surface area contributed by atoms with Gasteiger partial charge in [0.05, 0.1) is 17.6 Å². The highest BCUT2D eigenvalue weighted by Crippen LogP contribution is 2.44. The van der Waals surface area contributed by atoms with Gasteiger partial charge in [0, 0.05) is 33.3 Å². The Balaban J connectivity index is 1.58. The number of aromatic nitrogens is 3. The number of halogens is 2. The van der Waals surface area contributed by atoms with Crippen molar-refractivity contribution in [3.8, 4) is 0 Å². The van der Waals surface area contributed by atoms with Crippen LogP contribution >= 0.6 is 11.6 Å². The number of nitrogens with zero attached hydrogens (tertiary/aromatic N) is 3. The molecule has 0 unspecified atom stereocenters. The standard InChI is InChI=1S/C27H17ClFN3O2/c28-25-16(10-15-4-1-2-6-21(15)31-25)13-32-22-12-20(29)18(14-7-8-14)11-19(22)23-17-5-3-9-30-26(17)34-27(33)24(23)32/h1-6,9-12,14H,7-8,13H2. The smallest absolute Gasteiger partial charge is 0.362 e. The van der Waals surface area contributed by atoms with Crippen molar-refractivity contribution >= 4 is 55.4 Å². The second kappa shape index (κ2) is 7.11. The number of para-hydroxylation sites is 1. The van der Waals surface area contributed by atoms with E-state index in [0.29, 0.717) is 21.7 Å². The van der Waals surface area contributed by atoms with Gasteiger partial charge in [0.1, 0.15) is 16.5 Å². The molecule has 0 bridgehead atoms. The molecule has 1 fully saturated rings. The summed E-state index contributed by atoms with van der Waals surface area (Å²) in [5, 5.41) is 3.54. The molecule has 7 heteroatoms. The first kappa shape index (κ1) is 19.7. The first-order valence-corrected chi connectivity index (χ1v) is 11.5. The van der Waals surface area contributed by atoms with Crippen LogP contribution in [-0.2, 0) is 6.54 Å². The summed E-state index contributed by atoms with van der Waals surface area (Å²) in [6, 6.07) is 16.8. The molecule has 34 heavy (non-hydrogen) atoms. The minimum absolute atomic E-state index is 0.228. The molecule has 1 aliphatic carbocycles. The Morgan fingerprint density at radius 2 is 1.94 bits per heavy atom. The average molecular weight is 470 g/mol. The van der Waals surface area contributed by atoms with Crippen LogP contribution in [0.5, 0.6) is 0 Å². The summed E-state index contributed by atoms with van der Waals surface area (Å²) in [5.74, 6) is -0.0277. The molecule has 5 nitrogen and oxygen atoms in total. The molecule has 0 amide bonds. The van der Waals surface area contributed by atoms with E-state index in [2.05, 4.69) is 9.97 Å². The van der Waals surface area contributed by atoms with Crippen molar-refractivity contribution < 1.29 is 8.81 Å². The number of rotatable bonds is 3. The Hall–Kier alpha value is -3.77. The highest BCUT2D eigenvalue weighted by molar-refractivity contribution is 6.30. The third-order valence-electron chi connectivity index (χ3n) is 6.70. The minimum Gasteiger partial charge on any atom is -0.402 e. The van der Waals surface area contributed by atoms with Gasteiger partial charge in [-0.1, -0.05) is 29.8 Å². The van der Waals surface area contributed by atoms with E-state index in [1.807, 2.05) is 42.5 Å². The van der Waals surface area contributed by atoms with Crippen LogP contribution in [0.4, 0.5) is 4.39 Å². The maximum absolute atomic E-state index is 15.2. The highest BCUT2D eigenvalue weighted by atomic mass is 35.5. The SMILES string of the molecule is O=c1oc2ncccc2c2c3cc(C4CC4)c(F)cc3n(Cc3cc4ccccc4nc3Cl)c12. The Labute approximate surface area is 197 Å². The Morgan fingerprint density at radius 3 is 2.79 bits per heavy atom. The summed E-state index contributed by atoms with van der Waals surface area (Å²) in [7, 11) is 0. The van der Waals surface area contributed by atoms with Crippen molar-refractivity contribution in [2.45, 2.75) is 25.3 Å². The van der Waals surface area contributed by atoms with E-state index in [9.17, 15) is 4.79 Å². The van der Waals surface area contributed by atoms with Gasteiger partial charge in [0.25, 0.3) is 0 Å². The second-order valence-corrected chi connectivity index (χ2v) is 9.21. The van der Waals surface area contributed by atoms with Crippen molar-refractivity contribution in [2.75, 3.05) is 0 Å². The molecule has 0 spiro atoms. The lowest BCUT2D eigenvalue weighted by molar-refractivity contribution is 0.553. The van der Waals surface area contributed by atoms with Crippen LogP contribution in [0.25, 0.3) is 43.8 Å². The molecule has 0 aliphatic heterocycles. The summed E-state index contributed by atoms with van der Waals surface area (Å²) >= 11 is 6.55. The summed E-state index contributed by atoms with van der Waals surface area (Å²) in [5.41, 5.74) is 2.95. The van der Waals surface area contributed by atoms with Gasteiger partial charge in [-0.2, -0.15) is 0 Å². The quantitative estimate of drug-likeness (QED) is 0.275. The summed E-state index contributed by atoms with van der Waals surface area (Å²) < 4.78 is 22.6. The third kappa shape index (κ3) is 2.88. The van der Waals surface area contributed by atoms with Gasteiger partial charge in [0.2, 0.25) is 5.71 Å². The molecule has 2 aromatic carbocycles. The monoisotopic (exact) mass is 469 g/mol. The first-order valence-electron chi connectivity index (χ1n) is 11.2. The van der Waals surface area contributed by atoms with Gasteiger partial charge < -0.3 is 8.98 Å². The van der Waals surface area contributed by atoms with Crippen molar-refractivity contribution in [3.05, 3.63) is 93.3 Å². The molecule has 1 saturated carbocycles. The zero-order valence-electron chi connectivity index (χ0n) is 17.9. The normalized spacial score (nSPS) is 14.1. The minimum atomic E-state index is -0.518. The summed E-state index contributed by atoms with van der Waals surface area (Å²) in [6.45, 7) is 0.245. The lowest BCUT2D eigenvalue weighted by atomic mass is 10.0. The van der Waals surface area contributed by atoms with Gasteiger partial charge in [0.15, 0.2) is 0 Å². The van der Waals surface area contributed by atoms with Crippen LogP contribution in [0.15, 0.2) is 70.0 Å². The van der Waals surface area contributed by atoms with Crippen LogP contribution in [0.3, 0.4) is 0 Å². The number of benzene rings is 2. The predicted molar refractivity (Wildman–Crippen MR) is 131 cm³/mol. The van der Waals surface area contributed by atoms with Gasteiger partial charge in [-0.15, -0.1) is 0 Å². The van der Waals surface area contributed by atoms with E-state index in [0.717, 1.165) is 45.5 Å². The molecule has 4 heterocycles. The molecular weight excluding hydrogens is 453 g/mol. The number of hydrogen-bond acceptors (Lipinski definition) is 4. The Morgan fingerprint density at radius 1 is 1.09 bits per heavy atom. The number of pyridine rings is 2. The van der Waals surface area contributed by atoms with Crippen LogP contribution in [0.2, 0.25) is 5.15 Å². The van der Waals surface area contributed by atoms with Crippen molar-refractivity contribution in [1.82, 2.24) is 14.5 Å².